The van der Waals surface area contributed by atoms with E-state index in [1.807, 2.05) is 11.9 Å². The number of piperidine rings is 1. The summed E-state index contributed by atoms with van der Waals surface area (Å²) in [5.74, 6) is 0.771. The van der Waals surface area contributed by atoms with Gasteiger partial charge in [0.25, 0.3) is 0 Å². The highest BCUT2D eigenvalue weighted by molar-refractivity contribution is 5.86. The Kier molecular flexibility index (Phi) is 6.08. The molecule has 1 saturated heterocycles. The molecule has 0 unspecified atom stereocenters. The van der Waals surface area contributed by atoms with E-state index < -0.39 is 0 Å². The molecule has 1 aliphatic rings. The Labute approximate surface area is 144 Å². The van der Waals surface area contributed by atoms with E-state index in [0.29, 0.717) is 12.5 Å². The highest BCUT2D eigenvalue weighted by Crippen LogP contribution is 2.34. The van der Waals surface area contributed by atoms with Crippen molar-refractivity contribution in [1.29, 1.82) is 0 Å². The number of hydrogen-bond donors (Lipinski definition) is 2. The first-order valence-electron chi connectivity index (χ1n) is 8.25. The number of fused-ring (bicyclic) bond motifs is 1. The van der Waals surface area contributed by atoms with Crippen LogP contribution in [0.4, 0.5) is 0 Å². The van der Waals surface area contributed by atoms with E-state index in [2.05, 4.69) is 41.6 Å². The Morgan fingerprint density at radius 3 is 2.74 bits per heavy atom. The van der Waals surface area contributed by atoms with Gasteiger partial charge in [-0.1, -0.05) is 25.1 Å². The quantitative estimate of drug-likeness (QED) is 0.902. The summed E-state index contributed by atoms with van der Waals surface area (Å²) >= 11 is 0. The zero-order valence-electron chi connectivity index (χ0n) is 13.9. The van der Waals surface area contributed by atoms with Crippen molar-refractivity contribution in [3.63, 3.8) is 0 Å². The number of aromatic amines is 1. The number of hydrogen-bond acceptors (Lipinski definition) is 2. The second-order valence-electron chi connectivity index (χ2n) is 6.12. The van der Waals surface area contributed by atoms with Gasteiger partial charge in [0, 0.05) is 30.2 Å². The van der Waals surface area contributed by atoms with Gasteiger partial charge in [-0.25, -0.2) is 0 Å². The first-order chi connectivity index (χ1) is 10.7. The van der Waals surface area contributed by atoms with Gasteiger partial charge in [0.2, 0.25) is 5.91 Å². The Balaban J connectivity index is 0.00000192. The van der Waals surface area contributed by atoms with Crippen LogP contribution in [0.1, 0.15) is 36.8 Å². The van der Waals surface area contributed by atoms with Gasteiger partial charge >= 0.3 is 0 Å². The fourth-order valence-corrected chi connectivity index (χ4v) is 3.57. The van der Waals surface area contributed by atoms with E-state index in [4.69, 9.17) is 0 Å². The van der Waals surface area contributed by atoms with Gasteiger partial charge < -0.3 is 15.2 Å². The standard InChI is InChI=1S/C18H25N3O.ClH/c1-3-13-5-4-6-15-16(11-20-18(13)15)14-7-9-21(10-8-14)17(22)12-19-2;/h4-6,11,14,19-20H,3,7-10,12H2,1-2H3;1H. The zero-order valence-corrected chi connectivity index (χ0v) is 14.7. The van der Waals surface area contributed by atoms with E-state index in [0.717, 1.165) is 32.4 Å². The smallest absolute Gasteiger partial charge is 0.236 e. The molecule has 1 aromatic heterocycles. The van der Waals surface area contributed by atoms with Crippen LogP contribution in [0.25, 0.3) is 10.9 Å². The van der Waals surface area contributed by atoms with Gasteiger partial charge in [0.05, 0.1) is 6.54 Å². The van der Waals surface area contributed by atoms with Crippen molar-refractivity contribution in [3.8, 4) is 0 Å². The zero-order chi connectivity index (χ0) is 15.5. The summed E-state index contributed by atoms with van der Waals surface area (Å²) in [5.41, 5.74) is 4.09. The molecule has 4 nitrogen and oxygen atoms in total. The summed E-state index contributed by atoms with van der Waals surface area (Å²) in [4.78, 5) is 17.4. The Morgan fingerprint density at radius 2 is 2.09 bits per heavy atom. The van der Waals surface area contributed by atoms with Crippen LogP contribution in [0.3, 0.4) is 0 Å². The number of H-pyrrole nitrogens is 1. The number of benzene rings is 1. The third-order valence-electron chi connectivity index (χ3n) is 4.83. The van der Waals surface area contributed by atoms with E-state index in [9.17, 15) is 4.79 Å². The first kappa shape index (κ1) is 17.8. The van der Waals surface area contributed by atoms with Gasteiger partial charge in [-0.05, 0) is 43.4 Å². The van der Waals surface area contributed by atoms with Crippen LogP contribution in [-0.2, 0) is 11.2 Å². The molecule has 0 saturated carbocycles. The average molecular weight is 336 g/mol. The molecule has 0 aliphatic carbocycles. The highest BCUT2D eigenvalue weighted by Gasteiger charge is 2.25. The maximum atomic E-state index is 11.9. The van der Waals surface area contributed by atoms with Crippen LogP contribution in [0.5, 0.6) is 0 Å². The lowest BCUT2D eigenvalue weighted by Gasteiger charge is -2.32. The molecule has 1 fully saturated rings. The molecule has 1 amide bonds. The maximum absolute atomic E-state index is 11.9. The molecule has 2 N–H and O–H groups in total. The molecule has 1 aliphatic heterocycles. The van der Waals surface area contributed by atoms with E-state index in [1.165, 1.54) is 22.0 Å². The Bertz CT molecular complexity index is 659. The third-order valence-corrected chi connectivity index (χ3v) is 4.83. The minimum Gasteiger partial charge on any atom is -0.361 e. The Hall–Kier alpha value is -1.52. The summed E-state index contributed by atoms with van der Waals surface area (Å²) < 4.78 is 0. The predicted molar refractivity (Wildman–Crippen MR) is 97.4 cm³/mol. The summed E-state index contributed by atoms with van der Waals surface area (Å²) in [7, 11) is 1.82. The second kappa shape index (κ2) is 7.84. The van der Waals surface area contributed by atoms with Crippen LogP contribution in [0.15, 0.2) is 24.4 Å². The minimum absolute atomic E-state index is 0. The predicted octanol–water partition coefficient (Wildman–Crippen LogP) is 3.08. The first-order valence-corrected chi connectivity index (χ1v) is 8.25. The van der Waals surface area contributed by atoms with Gasteiger partial charge in [-0.3, -0.25) is 4.79 Å². The number of nitrogens with one attached hydrogen (secondary N) is 2. The fraction of sp³-hybridized carbons (Fsp3) is 0.500. The molecule has 5 heteroatoms. The molecule has 1 aromatic carbocycles. The monoisotopic (exact) mass is 335 g/mol. The molecule has 0 bridgehead atoms. The number of likely N-dealkylation sites (tertiary alicyclic amines) is 1. The van der Waals surface area contributed by atoms with E-state index in [1.54, 1.807) is 0 Å². The summed E-state index contributed by atoms with van der Waals surface area (Å²) in [5, 5.41) is 4.30. The molecule has 3 rings (SSSR count). The Morgan fingerprint density at radius 1 is 1.35 bits per heavy atom. The number of likely N-dealkylation sites (N-methyl/N-ethyl adjacent to an activating group) is 1. The van der Waals surface area contributed by atoms with Crippen molar-refractivity contribution >= 4 is 29.2 Å². The molecule has 126 valence electrons. The number of carbonyl (C=O) groups is 1. The van der Waals surface area contributed by atoms with Gasteiger partial charge in [0.15, 0.2) is 0 Å². The fourth-order valence-electron chi connectivity index (χ4n) is 3.57. The minimum atomic E-state index is 0. The molecule has 2 aromatic rings. The number of aromatic nitrogens is 1. The second-order valence-corrected chi connectivity index (χ2v) is 6.12. The van der Waals surface area contributed by atoms with Crippen molar-refractivity contribution in [1.82, 2.24) is 15.2 Å². The molecular weight excluding hydrogens is 310 g/mol. The summed E-state index contributed by atoms with van der Waals surface area (Å²) in [6.45, 7) is 4.37. The number of halogens is 1. The number of rotatable bonds is 4. The number of para-hydroxylation sites is 1. The summed E-state index contributed by atoms with van der Waals surface area (Å²) in [6.07, 6.45) is 5.34. The lowest BCUT2D eigenvalue weighted by atomic mass is 9.88. The number of aryl methyl sites for hydroxylation is 1. The van der Waals surface area contributed by atoms with Crippen molar-refractivity contribution in [2.24, 2.45) is 0 Å². The maximum Gasteiger partial charge on any atom is 0.236 e. The largest absolute Gasteiger partial charge is 0.361 e. The molecule has 0 radical (unpaired) electrons. The van der Waals surface area contributed by atoms with Crippen LogP contribution >= 0.6 is 12.4 Å². The number of amides is 1. The lowest BCUT2D eigenvalue weighted by molar-refractivity contribution is -0.131. The number of nitrogens with zero attached hydrogens (tertiary/aromatic N) is 1. The molecule has 23 heavy (non-hydrogen) atoms. The van der Waals surface area contributed by atoms with Gasteiger partial charge in [-0.15, -0.1) is 12.4 Å². The van der Waals surface area contributed by atoms with E-state index >= 15 is 0 Å². The van der Waals surface area contributed by atoms with Crippen LogP contribution in [0.2, 0.25) is 0 Å². The number of carbonyl (C=O) groups excluding carboxylic acids is 1. The molecular formula is C18H26ClN3O. The molecule has 2 heterocycles. The van der Waals surface area contributed by atoms with Crippen molar-refractivity contribution in [2.45, 2.75) is 32.1 Å². The van der Waals surface area contributed by atoms with Crippen molar-refractivity contribution in [3.05, 3.63) is 35.5 Å². The SMILES string of the molecule is CCc1cccc2c(C3CCN(C(=O)CNC)CC3)c[nH]c12.Cl. The molecule has 0 spiro atoms. The van der Waals surface area contributed by atoms with E-state index in [-0.39, 0.29) is 18.3 Å². The van der Waals surface area contributed by atoms with Crippen LogP contribution < -0.4 is 5.32 Å². The van der Waals surface area contributed by atoms with Crippen LogP contribution in [-0.4, -0.2) is 42.5 Å². The summed E-state index contributed by atoms with van der Waals surface area (Å²) in [6, 6.07) is 6.57. The van der Waals surface area contributed by atoms with Gasteiger partial charge in [0.1, 0.15) is 0 Å². The van der Waals surface area contributed by atoms with Crippen LogP contribution in [0, 0.1) is 0 Å². The lowest BCUT2D eigenvalue weighted by Crippen LogP contribution is -2.41. The van der Waals surface area contributed by atoms with Crippen molar-refractivity contribution in [2.75, 3.05) is 26.7 Å². The third kappa shape index (κ3) is 3.54. The average Bonchev–Trinajstić information content (AvgIpc) is 2.99. The highest BCUT2D eigenvalue weighted by atomic mass is 35.5. The normalized spacial score (nSPS) is 15.7. The van der Waals surface area contributed by atoms with Crippen molar-refractivity contribution < 1.29 is 4.79 Å². The van der Waals surface area contributed by atoms with Gasteiger partial charge in [-0.2, -0.15) is 0 Å². The topological polar surface area (TPSA) is 48.1 Å². The molecule has 0 atom stereocenters.